The number of nitrogens with zero attached hydrogens (tertiary/aromatic N) is 1. The second kappa shape index (κ2) is 12.3. The van der Waals surface area contributed by atoms with Crippen LogP contribution in [0, 0.1) is 0 Å². The Morgan fingerprint density at radius 3 is 1.94 bits per heavy atom. The number of rotatable bonds is 6. The monoisotopic (exact) mass is 697 g/mol. The van der Waals surface area contributed by atoms with Crippen LogP contribution >= 0.6 is 0 Å². The first-order valence-corrected chi connectivity index (χ1v) is 16.9. The molecule has 0 spiro atoms. The van der Waals surface area contributed by atoms with Crippen LogP contribution in [-0.2, 0) is 5.41 Å². The van der Waals surface area contributed by atoms with E-state index in [-0.39, 0.29) is 50.8 Å². The third-order valence-corrected chi connectivity index (χ3v) is 9.84. The quantitative estimate of drug-likeness (QED) is 0.172. The average molecular weight is 698 g/mol. The van der Waals surface area contributed by atoms with Gasteiger partial charge in [0.05, 0.1) is 35.7 Å². The number of hydrogen-bond donors (Lipinski definition) is 0. The summed E-state index contributed by atoms with van der Waals surface area (Å²) >= 11 is 0. The first-order valence-electron chi connectivity index (χ1n) is 25.9. The number of benzene rings is 8. The zero-order valence-corrected chi connectivity index (χ0v) is 28.4. The highest BCUT2D eigenvalue weighted by atomic mass is 16.3. The van der Waals surface area contributed by atoms with Gasteiger partial charge in [-0.1, -0.05) is 159 Å². The normalized spacial score (nSPS) is 17.6. The van der Waals surface area contributed by atoms with Gasteiger partial charge >= 0.3 is 0 Å². The minimum absolute atomic E-state index is 0.0164. The molecule has 0 bridgehead atoms. The Bertz CT molecular complexity index is 3770. The van der Waals surface area contributed by atoms with Crippen molar-refractivity contribution in [1.29, 1.82) is 0 Å². The highest BCUT2D eigenvalue weighted by Crippen LogP contribution is 2.52. The van der Waals surface area contributed by atoms with Crippen LogP contribution in [0.15, 0.2) is 192 Å². The van der Waals surface area contributed by atoms with Crippen molar-refractivity contribution >= 4 is 39.0 Å². The molecule has 1 aliphatic rings. The van der Waals surface area contributed by atoms with E-state index < -0.39 is 113 Å². The molecule has 0 atom stereocenters. The molecule has 0 fully saturated rings. The largest absolute Gasteiger partial charge is 0.455 e. The second-order valence-corrected chi connectivity index (χ2v) is 13.2. The summed E-state index contributed by atoms with van der Waals surface area (Å²) in [5.41, 5.74) is 1.75. The van der Waals surface area contributed by atoms with Crippen LogP contribution in [0.25, 0.3) is 66.4 Å². The number of furan rings is 1. The molecule has 0 N–H and O–H groups in total. The molecule has 0 saturated carbocycles. The Balaban J connectivity index is 1.28. The molecule has 0 unspecified atom stereocenters. The second-order valence-electron chi connectivity index (χ2n) is 13.2. The van der Waals surface area contributed by atoms with Crippen molar-refractivity contribution in [2.24, 2.45) is 0 Å². The van der Waals surface area contributed by atoms with E-state index in [9.17, 15) is 5.48 Å². The van der Waals surface area contributed by atoms with E-state index >= 15 is 0 Å². The SMILES string of the molecule is [2H]c1c(-c2c([2H])c([2H])c([2H])c([2H])c2[2H])cc2c(c1[2H])-c1ccc(N(c3ccc(-c4ccccc4)cc3)c3c([2H])c([2H])c([2H])c4oc5c(-c6c([2H])c([2H])c([2H])c([2H])c6[2H])c([2H])c([2H])c([2H])c5c34)cc1C2(C)C. The molecule has 0 saturated heterocycles. The zero-order chi connectivity index (χ0) is 51.2. The summed E-state index contributed by atoms with van der Waals surface area (Å²) in [7, 11) is 0. The van der Waals surface area contributed by atoms with Gasteiger partial charge in [0, 0.05) is 27.7 Å². The fourth-order valence-electron chi connectivity index (χ4n) is 7.25. The zero-order valence-electron chi connectivity index (χ0n) is 46.4. The Hall–Kier alpha value is -6.64. The molecule has 2 heteroatoms. The van der Waals surface area contributed by atoms with Gasteiger partial charge < -0.3 is 9.32 Å². The first-order chi connectivity index (χ1) is 33.5. The Kier molecular flexibility index (Phi) is 4.10. The molecule has 0 amide bonds. The van der Waals surface area contributed by atoms with Crippen LogP contribution in [0.4, 0.5) is 17.1 Å². The van der Waals surface area contributed by atoms with Crippen molar-refractivity contribution in [3.05, 3.63) is 199 Å². The van der Waals surface area contributed by atoms with Crippen molar-refractivity contribution in [3.63, 3.8) is 0 Å². The summed E-state index contributed by atoms with van der Waals surface area (Å²) in [6.45, 7) is 3.76. The van der Waals surface area contributed by atoms with Gasteiger partial charge in [-0.15, -0.1) is 0 Å². The lowest BCUT2D eigenvalue weighted by Gasteiger charge is -2.29. The maximum Gasteiger partial charge on any atom is 0.143 e. The summed E-state index contributed by atoms with van der Waals surface area (Å²) in [4.78, 5) is 1.63. The molecular formula is C51H37NO. The summed E-state index contributed by atoms with van der Waals surface area (Å²) in [6.07, 6.45) is 0. The Morgan fingerprint density at radius 2 is 1.17 bits per heavy atom. The minimum Gasteiger partial charge on any atom is -0.455 e. The van der Waals surface area contributed by atoms with Crippen LogP contribution in [0.5, 0.6) is 0 Å². The van der Waals surface area contributed by atoms with Gasteiger partial charge in [0.2, 0.25) is 0 Å². The van der Waals surface area contributed by atoms with Crippen molar-refractivity contribution in [2.45, 2.75) is 19.3 Å². The van der Waals surface area contributed by atoms with E-state index in [4.69, 9.17) is 23.6 Å². The first kappa shape index (κ1) is 17.7. The van der Waals surface area contributed by atoms with Gasteiger partial charge in [-0.05, 0) is 92.5 Å². The van der Waals surface area contributed by atoms with Gasteiger partial charge in [0.15, 0.2) is 0 Å². The highest BCUT2D eigenvalue weighted by Gasteiger charge is 2.36. The minimum atomic E-state index is -0.986. The number of fused-ring (bicyclic) bond motifs is 6. The molecule has 9 aromatic rings. The van der Waals surface area contributed by atoms with Gasteiger partial charge in [-0.3, -0.25) is 0 Å². The maximum absolute atomic E-state index is 9.66. The van der Waals surface area contributed by atoms with E-state index in [0.717, 1.165) is 11.1 Å². The molecular weight excluding hydrogens is 643 g/mol. The Morgan fingerprint density at radius 1 is 0.491 bits per heavy atom. The van der Waals surface area contributed by atoms with Crippen LogP contribution in [0.3, 0.4) is 0 Å². The predicted molar refractivity (Wildman–Crippen MR) is 222 cm³/mol. The molecule has 53 heavy (non-hydrogen) atoms. The van der Waals surface area contributed by atoms with Crippen LogP contribution in [0.2, 0.25) is 0 Å². The number of para-hydroxylation sites is 1. The van der Waals surface area contributed by atoms with Crippen molar-refractivity contribution in [2.75, 3.05) is 4.90 Å². The molecule has 2 nitrogen and oxygen atoms in total. The molecule has 1 heterocycles. The lowest BCUT2D eigenvalue weighted by molar-refractivity contribution is 0.660. The molecule has 1 aliphatic carbocycles. The average Bonchev–Trinajstić information content (AvgIpc) is 3.86. The fourth-order valence-corrected chi connectivity index (χ4v) is 7.25. The lowest BCUT2D eigenvalue weighted by atomic mass is 9.81. The topological polar surface area (TPSA) is 16.4 Å². The molecule has 1 aromatic heterocycles. The van der Waals surface area contributed by atoms with Gasteiger partial charge in [0.25, 0.3) is 0 Å². The number of hydrogen-bond acceptors (Lipinski definition) is 2. The Labute approximate surface area is 335 Å². The van der Waals surface area contributed by atoms with Crippen LogP contribution in [0.1, 0.15) is 49.6 Å². The third kappa shape index (κ3) is 5.10. The highest BCUT2D eigenvalue weighted by molar-refractivity contribution is 6.16. The molecule has 8 aromatic carbocycles. The standard InChI is InChI=1S/C51H37NO/c1-51(2)45-32-38(35-16-8-4-9-17-35)26-30-42(45)43-31-29-40(33-46(43)51)52(39-27-24-36(25-28-39)34-14-6-3-7-15-34)47-22-13-23-48-49(47)44-21-12-20-41(50(44)53-48)37-18-10-5-11-19-37/h3-33H,1-2H3/i4D,5D,8D,9D,10D,11D,12D,13D,16D,17D,18D,19D,20D,21D,22D,23D,26D,30D. The van der Waals surface area contributed by atoms with Crippen LogP contribution in [-0.4, -0.2) is 0 Å². The smallest absolute Gasteiger partial charge is 0.143 e. The van der Waals surface area contributed by atoms with E-state index in [1.165, 1.54) is 0 Å². The molecule has 10 rings (SSSR count). The summed E-state index contributed by atoms with van der Waals surface area (Å²) in [5.74, 6) is 0. The maximum atomic E-state index is 9.66. The number of anilines is 3. The van der Waals surface area contributed by atoms with Crippen molar-refractivity contribution in [1.82, 2.24) is 0 Å². The van der Waals surface area contributed by atoms with Gasteiger partial charge in [-0.2, -0.15) is 0 Å². The predicted octanol–water partition coefficient (Wildman–Crippen LogP) is 14.4. The van der Waals surface area contributed by atoms with E-state index in [2.05, 4.69) is 0 Å². The van der Waals surface area contributed by atoms with Crippen LogP contribution < -0.4 is 4.90 Å². The molecule has 0 radical (unpaired) electrons. The summed E-state index contributed by atoms with van der Waals surface area (Å²) in [5, 5.41) is -0.300. The molecule has 0 aliphatic heterocycles. The van der Waals surface area contributed by atoms with E-state index in [1.807, 2.05) is 56.3 Å². The van der Waals surface area contributed by atoms with Gasteiger partial charge in [-0.25, -0.2) is 0 Å². The van der Waals surface area contributed by atoms with Gasteiger partial charge in [0.1, 0.15) is 11.2 Å². The van der Waals surface area contributed by atoms with Crippen molar-refractivity contribution < 1.29 is 29.1 Å². The van der Waals surface area contributed by atoms with E-state index in [0.29, 0.717) is 33.6 Å². The summed E-state index contributed by atoms with van der Waals surface area (Å²) < 4.78 is 165. The fraction of sp³-hybridized carbons (Fsp3) is 0.0588. The summed E-state index contributed by atoms with van der Waals surface area (Å²) in [6, 6.07) is 13.1. The molecule has 252 valence electrons. The van der Waals surface area contributed by atoms with E-state index in [1.54, 1.807) is 41.3 Å². The third-order valence-electron chi connectivity index (χ3n) is 9.84. The lowest BCUT2D eigenvalue weighted by Crippen LogP contribution is -2.16. The van der Waals surface area contributed by atoms with Crippen molar-refractivity contribution in [3.8, 4) is 44.5 Å².